The van der Waals surface area contributed by atoms with E-state index in [1.807, 2.05) is 13.8 Å². The van der Waals surface area contributed by atoms with Crippen LogP contribution < -0.4 is 0 Å². The smallest absolute Gasteiger partial charge is 0.0930 e. The largest absolute Gasteiger partial charge is 0.396 e. The molecule has 0 aromatic rings. The lowest BCUT2D eigenvalue weighted by Gasteiger charge is -2.32. The van der Waals surface area contributed by atoms with Gasteiger partial charge in [0.1, 0.15) is 0 Å². The summed E-state index contributed by atoms with van der Waals surface area (Å²) in [6.45, 7) is 3.98. The lowest BCUT2D eigenvalue weighted by molar-refractivity contribution is -0.108. The van der Waals surface area contributed by atoms with Gasteiger partial charge >= 0.3 is 0 Å². The van der Waals surface area contributed by atoms with Crippen LogP contribution >= 0.6 is 0 Å². The Morgan fingerprint density at radius 3 is 2.27 bits per heavy atom. The van der Waals surface area contributed by atoms with Gasteiger partial charge in [-0.25, -0.2) is 0 Å². The molecule has 0 amide bonds. The van der Waals surface area contributed by atoms with E-state index in [1.165, 1.54) is 0 Å². The monoisotopic (exact) mass is 162 g/mol. The molecule has 0 saturated carbocycles. The molecular formula is C8H18O3. The highest BCUT2D eigenvalue weighted by Gasteiger charge is 2.30. The van der Waals surface area contributed by atoms with Crippen LogP contribution in [0.25, 0.3) is 0 Å². The molecule has 1 N–H and O–H groups in total. The second-order valence-corrected chi connectivity index (χ2v) is 2.87. The van der Waals surface area contributed by atoms with E-state index < -0.39 is 0 Å². The third kappa shape index (κ3) is 2.77. The molecule has 0 heterocycles. The molecule has 0 saturated heterocycles. The van der Waals surface area contributed by atoms with Crippen LogP contribution in [0.5, 0.6) is 0 Å². The molecule has 0 rings (SSSR count). The van der Waals surface area contributed by atoms with E-state index in [2.05, 4.69) is 0 Å². The number of aliphatic hydroxyl groups is 1. The average molecular weight is 162 g/mol. The summed E-state index contributed by atoms with van der Waals surface area (Å²) in [6, 6.07) is 0. The summed E-state index contributed by atoms with van der Waals surface area (Å²) in [7, 11) is 3.27. The number of hydrogen-bond acceptors (Lipinski definition) is 3. The van der Waals surface area contributed by atoms with Gasteiger partial charge < -0.3 is 14.6 Å². The summed E-state index contributed by atoms with van der Waals surface area (Å²) < 4.78 is 10.4. The Morgan fingerprint density at radius 1 is 1.45 bits per heavy atom. The van der Waals surface area contributed by atoms with Crippen molar-refractivity contribution in [2.24, 2.45) is 0 Å². The van der Waals surface area contributed by atoms with Crippen LogP contribution in [0.4, 0.5) is 0 Å². The molecule has 2 atom stereocenters. The first kappa shape index (κ1) is 10.9. The maximum absolute atomic E-state index is 8.74. The first-order valence-corrected chi connectivity index (χ1v) is 3.79. The minimum atomic E-state index is -0.372. The Morgan fingerprint density at radius 2 is 2.00 bits per heavy atom. The van der Waals surface area contributed by atoms with Gasteiger partial charge in [0.05, 0.1) is 11.7 Å². The summed E-state index contributed by atoms with van der Waals surface area (Å²) in [5, 5.41) is 8.74. The molecule has 0 spiro atoms. The Labute approximate surface area is 68.3 Å². The Hall–Kier alpha value is -0.120. The third-order valence-corrected chi connectivity index (χ3v) is 2.29. The molecule has 0 aromatic carbocycles. The van der Waals surface area contributed by atoms with Crippen molar-refractivity contribution in [2.45, 2.75) is 32.0 Å². The van der Waals surface area contributed by atoms with Gasteiger partial charge in [-0.2, -0.15) is 0 Å². The molecule has 0 aromatic heterocycles. The summed E-state index contributed by atoms with van der Waals surface area (Å²) in [5.41, 5.74) is -0.372. The van der Waals surface area contributed by atoms with Crippen LogP contribution in [0.1, 0.15) is 20.3 Å². The summed E-state index contributed by atoms with van der Waals surface area (Å²) in [5.74, 6) is 0. The zero-order valence-corrected chi connectivity index (χ0v) is 7.76. The number of rotatable bonds is 5. The van der Waals surface area contributed by atoms with Gasteiger partial charge in [-0.1, -0.05) is 0 Å². The van der Waals surface area contributed by atoms with Gasteiger partial charge in [-0.3, -0.25) is 0 Å². The van der Waals surface area contributed by atoms with Crippen molar-refractivity contribution in [2.75, 3.05) is 20.8 Å². The van der Waals surface area contributed by atoms with Crippen molar-refractivity contribution >= 4 is 0 Å². The van der Waals surface area contributed by atoms with Gasteiger partial charge in [0.15, 0.2) is 0 Å². The molecule has 0 fully saturated rings. The molecule has 0 aliphatic heterocycles. The van der Waals surface area contributed by atoms with Crippen LogP contribution in [0, 0.1) is 0 Å². The van der Waals surface area contributed by atoms with E-state index in [0.29, 0.717) is 6.42 Å². The lowest BCUT2D eigenvalue weighted by Crippen LogP contribution is -2.41. The quantitative estimate of drug-likeness (QED) is 0.650. The van der Waals surface area contributed by atoms with E-state index in [4.69, 9.17) is 14.6 Å². The normalized spacial score (nSPS) is 19.4. The second-order valence-electron chi connectivity index (χ2n) is 2.87. The van der Waals surface area contributed by atoms with E-state index in [0.717, 1.165) is 0 Å². The molecule has 0 bridgehead atoms. The molecule has 0 aliphatic carbocycles. The van der Waals surface area contributed by atoms with E-state index in [1.54, 1.807) is 14.2 Å². The SMILES string of the molecule is COC(C)C(C)(CCO)OC. The predicted molar refractivity (Wildman–Crippen MR) is 43.6 cm³/mol. The van der Waals surface area contributed by atoms with Crippen molar-refractivity contribution in [1.82, 2.24) is 0 Å². The fourth-order valence-electron chi connectivity index (χ4n) is 0.943. The lowest BCUT2D eigenvalue weighted by atomic mass is 9.96. The highest BCUT2D eigenvalue weighted by atomic mass is 16.5. The summed E-state index contributed by atoms with van der Waals surface area (Å²) in [6.07, 6.45) is 0.595. The maximum Gasteiger partial charge on any atom is 0.0930 e. The van der Waals surface area contributed by atoms with Crippen molar-refractivity contribution < 1.29 is 14.6 Å². The van der Waals surface area contributed by atoms with Crippen LogP contribution in [0.2, 0.25) is 0 Å². The topological polar surface area (TPSA) is 38.7 Å². The van der Waals surface area contributed by atoms with Crippen LogP contribution in [0.3, 0.4) is 0 Å². The first-order valence-electron chi connectivity index (χ1n) is 3.79. The molecule has 0 aliphatic rings. The molecule has 2 unspecified atom stereocenters. The van der Waals surface area contributed by atoms with Crippen molar-refractivity contribution in [1.29, 1.82) is 0 Å². The van der Waals surface area contributed by atoms with E-state index in [-0.39, 0.29) is 18.3 Å². The zero-order valence-electron chi connectivity index (χ0n) is 7.76. The maximum atomic E-state index is 8.74. The Balaban J connectivity index is 4.07. The fourth-order valence-corrected chi connectivity index (χ4v) is 0.943. The van der Waals surface area contributed by atoms with Gasteiger partial charge in [0.25, 0.3) is 0 Å². The predicted octanol–water partition coefficient (Wildman–Crippen LogP) is 0.809. The highest BCUT2D eigenvalue weighted by molar-refractivity contribution is 4.81. The van der Waals surface area contributed by atoms with Gasteiger partial charge in [-0.15, -0.1) is 0 Å². The van der Waals surface area contributed by atoms with Crippen molar-refractivity contribution in [3.05, 3.63) is 0 Å². The second kappa shape index (κ2) is 4.70. The van der Waals surface area contributed by atoms with Crippen LogP contribution in [0.15, 0.2) is 0 Å². The average Bonchev–Trinajstić information content (AvgIpc) is 2.03. The van der Waals surface area contributed by atoms with E-state index >= 15 is 0 Å². The molecule has 0 radical (unpaired) electrons. The summed E-state index contributed by atoms with van der Waals surface area (Å²) in [4.78, 5) is 0. The van der Waals surface area contributed by atoms with Crippen molar-refractivity contribution in [3.8, 4) is 0 Å². The standard InChI is InChI=1S/C8H18O3/c1-7(10-3)8(2,11-4)5-6-9/h7,9H,5-6H2,1-4H3. The van der Waals surface area contributed by atoms with Gasteiger partial charge in [-0.05, 0) is 13.8 Å². The number of aliphatic hydroxyl groups excluding tert-OH is 1. The molecular weight excluding hydrogens is 144 g/mol. The minimum Gasteiger partial charge on any atom is -0.396 e. The highest BCUT2D eigenvalue weighted by Crippen LogP contribution is 2.20. The van der Waals surface area contributed by atoms with Gasteiger partial charge in [0.2, 0.25) is 0 Å². The number of ether oxygens (including phenoxy) is 2. The number of hydrogen-bond donors (Lipinski definition) is 1. The molecule has 68 valence electrons. The van der Waals surface area contributed by atoms with Crippen LogP contribution in [-0.4, -0.2) is 37.6 Å². The van der Waals surface area contributed by atoms with Gasteiger partial charge in [0, 0.05) is 27.2 Å². The molecule has 3 nitrogen and oxygen atoms in total. The van der Waals surface area contributed by atoms with Crippen LogP contribution in [-0.2, 0) is 9.47 Å². The number of methoxy groups -OCH3 is 2. The Bertz CT molecular complexity index is 106. The zero-order chi connectivity index (χ0) is 8.91. The summed E-state index contributed by atoms with van der Waals surface area (Å²) >= 11 is 0. The third-order valence-electron chi connectivity index (χ3n) is 2.29. The molecule has 3 heteroatoms. The minimum absolute atomic E-state index is 0.000324. The Kier molecular flexibility index (Phi) is 4.65. The van der Waals surface area contributed by atoms with E-state index in [9.17, 15) is 0 Å². The van der Waals surface area contributed by atoms with Crippen molar-refractivity contribution in [3.63, 3.8) is 0 Å². The molecule has 11 heavy (non-hydrogen) atoms. The fraction of sp³-hybridized carbons (Fsp3) is 1.00. The first-order chi connectivity index (χ1) is 5.10.